The van der Waals surface area contributed by atoms with Crippen LogP contribution in [0.4, 0.5) is 17.1 Å². The lowest BCUT2D eigenvalue weighted by molar-refractivity contribution is -0.384. The van der Waals surface area contributed by atoms with Crippen LogP contribution in [0.25, 0.3) is 0 Å². The zero-order valence-electron chi connectivity index (χ0n) is 14.4. The molecule has 0 spiro atoms. The number of aliphatic imine (C=N–C) groups is 1. The molecule has 0 atom stereocenters. The van der Waals surface area contributed by atoms with E-state index < -0.39 is 4.92 Å². The minimum absolute atomic E-state index is 0.111. The first-order valence-corrected chi connectivity index (χ1v) is 8.48. The van der Waals surface area contributed by atoms with Gasteiger partial charge in [0.15, 0.2) is 0 Å². The maximum atomic E-state index is 12.2. The molecular weight excluding hydrogens is 382 g/mol. The Bertz CT molecular complexity index is 1070. The Labute approximate surface area is 165 Å². The standard InChI is InChI=1S/C20H14ClN3O4/c21-15-3-1-2-13(10-15)20(26)23-17-6-4-16(5-7-17)22-12-14-11-18(24(27)28)8-9-19(14)25/h1-12,25H,(H,23,26). The number of benzene rings is 3. The highest BCUT2D eigenvalue weighted by Gasteiger charge is 2.09. The smallest absolute Gasteiger partial charge is 0.270 e. The summed E-state index contributed by atoms with van der Waals surface area (Å²) >= 11 is 5.89. The van der Waals surface area contributed by atoms with Crippen molar-refractivity contribution in [1.82, 2.24) is 0 Å². The predicted molar refractivity (Wildman–Crippen MR) is 108 cm³/mol. The lowest BCUT2D eigenvalue weighted by Gasteiger charge is -2.06. The molecule has 0 aliphatic heterocycles. The fourth-order valence-corrected chi connectivity index (χ4v) is 2.56. The van der Waals surface area contributed by atoms with Crippen molar-refractivity contribution in [3.63, 3.8) is 0 Å². The summed E-state index contributed by atoms with van der Waals surface area (Å²) in [5.41, 5.74) is 1.65. The van der Waals surface area contributed by atoms with Gasteiger partial charge in [0.1, 0.15) is 5.75 Å². The number of rotatable bonds is 5. The highest BCUT2D eigenvalue weighted by molar-refractivity contribution is 6.31. The molecule has 0 heterocycles. The van der Waals surface area contributed by atoms with Crippen LogP contribution in [-0.4, -0.2) is 22.2 Å². The Hall–Kier alpha value is -3.71. The fraction of sp³-hybridized carbons (Fsp3) is 0. The Kier molecular flexibility index (Phi) is 5.67. The largest absolute Gasteiger partial charge is 0.507 e. The second kappa shape index (κ2) is 8.32. The van der Waals surface area contributed by atoms with Crippen molar-refractivity contribution in [3.05, 3.63) is 93.0 Å². The van der Waals surface area contributed by atoms with Crippen molar-refractivity contribution < 1.29 is 14.8 Å². The summed E-state index contributed by atoms with van der Waals surface area (Å²) in [6, 6.07) is 17.0. The molecule has 2 N–H and O–H groups in total. The van der Waals surface area contributed by atoms with Gasteiger partial charge < -0.3 is 10.4 Å². The first kappa shape index (κ1) is 19.1. The number of non-ortho nitro benzene ring substituents is 1. The van der Waals surface area contributed by atoms with Gasteiger partial charge >= 0.3 is 0 Å². The number of hydrogen-bond donors (Lipinski definition) is 2. The van der Waals surface area contributed by atoms with Gasteiger partial charge in [-0.25, -0.2) is 0 Å². The molecule has 0 bridgehead atoms. The average molecular weight is 396 g/mol. The normalized spacial score (nSPS) is 10.8. The third-order valence-electron chi connectivity index (χ3n) is 3.79. The van der Waals surface area contributed by atoms with Crippen molar-refractivity contribution in [2.45, 2.75) is 0 Å². The van der Waals surface area contributed by atoms with Gasteiger partial charge in [-0.2, -0.15) is 0 Å². The first-order valence-electron chi connectivity index (χ1n) is 8.11. The van der Waals surface area contributed by atoms with Crippen molar-refractivity contribution in [3.8, 4) is 5.75 Å². The number of nitro benzene ring substituents is 1. The van der Waals surface area contributed by atoms with E-state index in [1.54, 1.807) is 48.5 Å². The average Bonchev–Trinajstić information content (AvgIpc) is 2.68. The van der Waals surface area contributed by atoms with Gasteiger partial charge in [-0.3, -0.25) is 19.9 Å². The van der Waals surface area contributed by atoms with Gasteiger partial charge in [0.25, 0.3) is 11.6 Å². The van der Waals surface area contributed by atoms with Crippen LogP contribution in [0.5, 0.6) is 5.75 Å². The molecule has 0 aromatic heterocycles. The van der Waals surface area contributed by atoms with E-state index in [2.05, 4.69) is 10.3 Å². The molecule has 0 saturated carbocycles. The van der Waals surface area contributed by atoms with Gasteiger partial charge in [-0.1, -0.05) is 17.7 Å². The topological polar surface area (TPSA) is 105 Å². The molecule has 8 heteroatoms. The number of carbonyl (C=O) groups excluding carboxylic acids is 1. The first-order chi connectivity index (χ1) is 13.4. The van der Waals surface area contributed by atoms with Crippen LogP contribution in [0.3, 0.4) is 0 Å². The van der Waals surface area contributed by atoms with Crippen LogP contribution < -0.4 is 5.32 Å². The van der Waals surface area contributed by atoms with Gasteiger partial charge in [0, 0.05) is 40.2 Å². The molecule has 3 aromatic rings. The van der Waals surface area contributed by atoms with Gasteiger partial charge in [0.05, 0.1) is 10.6 Å². The maximum absolute atomic E-state index is 12.2. The molecular formula is C20H14ClN3O4. The number of halogens is 1. The minimum atomic E-state index is -0.547. The Morgan fingerprint density at radius 2 is 1.86 bits per heavy atom. The van der Waals surface area contributed by atoms with E-state index in [0.29, 0.717) is 22.0 Å². The Balaban J connectivity index is 1.71. The van der Waals surface area contributed by atoms with Gasteiger partial charge in [0.2, 0.25) is 0 Å². The van der Waals surface area contributed by atoms with Crippen molar-refractivity contribution in [1.29, 1.82) is 0 Å². The Morgan fingerprint density at radius 1 is 1.11 bits per heavy atom. The summed E-state index contributed by atoms with van der Waals surface area (Å²) in [6.45, 7) is 0. The number of hydrogen-bond acceptors (Lipinski definition) is 5. The molecule has 3 aromatic carbocycles. The third kappa shape index (κ3) is 4.72. The number of carbonyl (C=O) groups is 1. The number of phenols is 1. The quantitative estimate of drug-likeness (QED) is 0.362. The van der Waals surface area contributed by atoms with E-state index >= 15 is 0 Å². The van der Waals surface area contributed by atoms with Crippen LogP contribution in [0.2, 0.25) is 5.02 Å². The van der Waals surface area contributed by atoms with Crippen molar-refractivity contribution >= 4 is 40.8 Å². The third-order valence-corrected chi connectivity index (χ3v) is 4.02. The molecule has 3 rings (SSSR count). The zero-order chi connectivity index (χ0) is 20.1. The summed E-state index contributed by atoms with van der Waals surface area (Å²) in [5.74, 6) is -0.403. The predicted octanol–water partition coefficient (Wildman–Crippen LogP) is 4.96. The van der Waals surface area contributed by atoms with Crippen molar-refractivity contribution in [2.75, 3.05) is 5.32 Å². The number of nitrogens with zero attached hydrogens (tertiary/aromatic N) is 2. The van der Waals surface area contributed by atoms with Crippen LogP contribution in [-0.2, 0) is 0 Å². The molecule has 28 heavy (non-hydrogen) atoms. The van der Waals surface area contributed by atoms with Gasteiger partial charge in [-0.05, 0) is 48.5 Å². The highest BCUT2D eigenvalue weighted by Crippen LogP contribution is 2.23. The highest BCUT2D eigenvalue weighted by atomic mass is 35.5. The monoisotopic (exact) mass is 395 g/mol. The van der Waals surface area contributed by atoms with Crippen LogP contribution in [0, 0.1) is 10.1 Å². The molecule has 1 amide bonds. The summed E-state index contributed by atoms with van der Waals surface area (Å²) in [6.07, 6.45) is 1.34. The minimum Gasteiger partial charge on any atom is -0.507 e. The molecule has 140 valence electrons. The summed E-state index contributed by atoms with van der Waals surface area (Å²) < 4.78 is 0. The van der Waals surface area contributed by atoms with Crippen LogP contribution in [0.15, 0.2) is 71.7 Å². The number of nitro groups is 1. The molecule has 0 radical (unpaired) electrons. The van der Waals surface area contributed by atoms with E-state index in [-0.39, 0.29) is 22.9 Å². The number of phenolic OH excluding ortho intramolecular Hbond substituents is 1. The molecule has 0 saturated heterocycles. The molecule has 0 fully saturated rings. The SMILES string of the molecule is O=C(Nc1ccc(N=Cc2cc([N+](=O)[O-])ccc2O)cc1)c1cccc(Cl)c1. The van der Waals surface area contributed by atoms with Crippen molar-refractivity contribution in [2.24, 2.45) is 4.99 Å². The maximum Gasteiger partial charge on any atom is 0.270 e. The second-order valence-corrected chi connectivity index (χ2v) is 6.21. The number of nitrogens with one attached hydrogen (secondary N) is 1. The molecule has 0 aliphatic carbocycles. The molecule has 0 unspecified atom stereocenters. The van der Waals surface area contributed by atoms with E-state index in [0.717, 1.165) is 0 Å². The second-order valence-electron chi connectivity index (χ2n) is 5.77. The van der Waals surface area contributed by atoms with Gasteiger partial charge in [-0.15, -0.1) is 0 Å². The molecule has 7 nitrogen and oxygen atoms in total. The van der Waals surface area contributed by atoms with Crippen LogP contribution >= 0.6 is 11.6 Å². The van der Waals surface area contributed by atoms with Crippen LogP contribution in [0.1, 0.15) is 15.9 Å². The van der Waals surface area contributed by atoms with E-state index in [1.807, 2.05) is 0 Å². The van der Waals surface area contributed by atoms with E-state index in [4.69, 9.17) is 11.6 Å². The summed E-state index contributed by atoms with van der Waals surface area (Å²) in [5, 5.41) is 23.8. The number of anilines is 1. The Morgan fingerprint density at radius 3 is 2.54 bits per heavy atom. The number of aromatic hydroxyl groups is 1. The lowest BCUT2D eigenvalue weighted by Crippen LogP contribution is -2.11. The van der Waals surface area contributed by atoms with E-state index in [9.17, 15) is 20.0 Å². The summed E-state index contributed by atoms with van der Waals surface area (Å²) in [7, 11) is 0. The number of amides is 1. The zero-order valence-corrected chi connectivity index (χ0v) is 15.1. The molecule has 0 aliphatic rings. The summed E-state index contributed by atoms with van der Waals surface area (Å²) in [4.78, 5) is 26.7. The fourth-order valence-electron chi connectivity index (χ4n) is 2.37. The lowest BCUT2D eigenvalue weighted by atomic mass is 10.2. The van der Waals surface area contributed by atoms with E-state index in [1.165, 1.54) is 24.4 Å².